The van der Waals surface area contributed by atoms with E-state index in [2.05, 4.69) is 20.3 Å². The van der Waals surface area contributed by atoms with Gasteiger partial charge in [0.05, 0.1) is 11.6 Å². The Kier molecular flexibility index (Phi) is 4.75. The zero-order valence-corrected chi connectivity index (χ0v) is 15.6. The van der Waals surface area contributed by atoms with Crippen LogP contribution in [0.15, 0.2) is 61.1 Å². The van der Waals surface area contributed by atoms with Crippen molar-refractivity contribution in [1.82, 2.24) is 15.0 Å². The maximum atomic E-state index is 14.8. The topological polar surface area (TPSA) is 101 Å². The minimum Gasteiger partial charge on any atom is -0.382 e. The molecule has 6 nitrogen and oxygen atoms in total. The van der Waals surface area contributed by atoms with Crippen molar-refractivity contribution in [2.24, 2.45) is 0 Å². The van der Waals surface area contributed by atoms with E-state index in [0.29, 0.717) is 16.7 Å². The number of hydrogen-bond acceptors (Lipinski definition) is 6. The molecule has 0 aliphatic heterocycles. The number of nitrogens with one attached hydrogen (secondary N) is 1. The molecule has 0 amide bonds. The molecule has 0 aliphatic rings. The standard InChI is InChI=1S/C22H17FN6/c1-13(29-22-15(10-24)21(25)27-12-28-22)16-11-26-18-9-5-8-17(23)20(18)19(16)14-6-3-2-4-7-14/h2-9,11-13H,1H3,(H3,25,27,28,29). The van der Waals surface area contributed by atoms with Crippen LogP contribution in [0.5, 0.6) is 0 Å². The van der Waals surface area contributed by atoms with E-state index in [1.807, 2.05) is 43.3 Å². The predicted octanol–water partition coefficient (Wildman–Crippen LogP) is 4.46. The summed E-state index contributed by atoms with van der Waals surface area (Å²) in [7, 11) is 0. The van der Waals surface area contributed by atoms with E-state index in [9.17, 15) is 9.65 Å². The van der Waals surface area contributed by atoms with Gasteiger partial charge in [-0.05, 0) is 24.6 Å². The highest BCUT2D eigenvalue weighted by molar-refractivity contribution is 5.96. The molecule has 29 heavy (non-hydrogen) atoms. The third-order valence-electron chi connectivity index (χ3n) is 4.74. The lowest BCUT2D eigenvalue weighted by atomic mass is 9.93. The maximum Gasteiger partial charge on any atom is 0.150 e. The van der Waals surface area contributed by atoms with Gasteiger partial charge in [-0.15, -0.1) is 0 Å². The summed E-state index contributed by atoms with van der Waals surface area (Å²) in [5.74, 6) is 0.0789. The van der Waals surface area contributed by atoms with Crippen molar-refractivity contribution >= 4 is 22.5 Å². The van der Waals surface area contributed by atoms with Crippen LogP contribution in [0.4, 0.5) is 16.0 Å². The van der Waals surface area contributed by atoms with Gasteiger partial charge in [-0.25, -0.2) is 14.4 Å². The normalized spacial score (nSPS) is 11.8. The molecule has 0 saturated carbocycles. The fourth-order valence-corrected chi connectivity index (χ4v) is 3.36. The lowest BCUT2D eigenvalue weighted by Crippen LogP contribution is -2.13. The van der Waals surface area contributed by atoms with Crippen molar-refractivity contribution < 1.29 is 4.39 Å². The quantitative estimate of drug-likeness (QED) is 0.539. The number of benzene rings is 2. The third-order valence-corrected chi connectivity index (χ3v) is 4.74. The summed E-state index contributed by atoms with van der Waals surface area (Å²) >= 11 is 0. The smallest absolute Gasteiger partial charge is 0.150 e. The van der Waals surface area contributed by atoms with Crippen LogP contribution in [0.25, 0.3) is 22.0 Å². The van der Waals surface area contributed by atoms with Crippen molar-refractivity contribution in [3.8, 4) is 17.2 Å². The molecule has 2 heterocycles. The highest BCUT2D eigenvalue weighted by Crippen LogP contribution is 2.36. The van der Waals surface area contributed by atoms with Crippen molar-refractivity contribution in [1.29, 1.82) is 5.26 Å². The second kappa shape index (κ2) is 7.52. The Morgan fingerprint density at radius 2 is 1.86 bits per heavy atom. The summed E-state index contributed by atoms with van der Waals surface area (Å²) in [6, 6.07) is 16.1. The van der Waals surface area contributed by atoms with E-state index >= 15 is 0 Å². The number of nitrogens with zero attached hydrogens (tertiary/aromatic N) is 4. The first-order valence-corrected chi connectivity index (χ1v) is 8.99. The Labute approximate surface area is 166 Å². The van der Waals surface area contributed by atoms with Crippen LogP contribution < -0.4 is 11.1 Å². The number of rotatable bonds is 4. The van der Waals surface area contributed by atoms with Crippen LogP contribution in [0, 0.1) is 17.1 Å². The molecule has 0 radical (unpaired) electrons. The summed E-state index contributed by atoms with van der Waals surface area (Å²) in [6.07, 6.45) is 3.01. The Morgan fingerprint density at radius 3 is 2.62 bits per heavy atom. The molecule has 1 atom stereocenters. The number of halogens is 1. The van der Waals surface area contributed by atoms with Gasteiger partial charge in [0.2, 0.25) is 0 Å². The van der Waals surface area contributed by atoms with Crippen LogP contribution in [0.3, 0.4) is 0 Å². The second-order valence-electron chi connectivity index (χ2n) is 6.55. The highest BCUT2D eigenvalue weighted by atomic mass is 19.1. The van der Waals surface area contributed by atoms with E-state index < -0.39 is 0 Å². The van der Waals surface area contributed by atoms with Crippen LogP contribution in [0.2, 0.25) is 0 Å². The summed E-state index contributed by atoms with van der Waals surface area (Å²) in [5, 5.41) is 13.0. The van der Waals surface area contributed by atoms with Crippen LogP contribution in [-0.2, 0) is 0 Å². The summed E-state index contributed by atoms with van der Waals surface area (Å²) in [4.78, 5) is 12.4. The monoisotopic (exact) mass is 384 g/mol. The van der Waals surface area contributed by atoms with Gasteiger partial charge in [0.15, 0.2) is 0 Å². The summed E-state index contributed by atoms with van der Waals surface area (Å²) in [6.45, 7) is 1.90. The minimum absolute atomic E-state index is 0.100. The molecule has 2 aromatic heterocycles. The first-order chi connectivity index (χ1) is 14.1. The molecule has 1 unspecified atom stereocenters. The van der Waals surface area contributed by atoms with E-state index in [1.165, 1.54) is 12.4 Å². The molecule has 0 spiro atoms. The third kappa shape index (κ3) is 3.32. The predicted molar refractivity (Wildman–Crippen MR) is 110 cm³/mol. The van der Waals surface area contributed by atoms with Crippen molar-refractivity contribution in [2.75, 3.05) is 11.1 Å². The van der Waals surface area contributed by atoms with Gasteiger partial charge in [-0.2, -0.15) is 5.26 Å². The number of aromatic nitrogens is 3. The van der Waals surface area contributed by atoms with Crippen LogP contribution >= 0.6 is 0 Å². The number of nitriles is 1. The molecule has 0 fully saturated rings. The van der Waals surface area contributed by atoms with E-state index in [0.717, 1.165) is 16.7 Å². The Bertz CT molecular complexity index is 1230. The largest absolute Gasteiger partial charge is 0.382 e. The molecule has 0 aliphatic carbocycles. The molecule has 142 valence electrons. The zero-order valence-electron chi connectivity index (χ0n) is 15.6. The molecule has 0 saturated heterocycles. The molecular weight excluding hydrogens is 367 g/mol. The number of pyridine rings is 1. The van der Waals surface area contributed by atoms with Gasteiger partial charge in [-0.1, -0.05) is 36.4 Å². The molecule has 3 N–H and O–H groups in total. The van der Waals surface area contributed by atoms with Gasteiger partial charge in [0.1, 0.15) is 35.4 Å². The fourth-order valence-electron chi connectivity index (χ4n) is 3.36. The molecule has 4 rings (SSSR count). The van der Waals surface area contributed by atoms with Gasteiger partial charge < -0.3 is 11.1 Å². The lowest BCUT2D eigenvalue weighted by molar-refractivity contribution is 0.639. The van der Waals surface area contributed by atoms with Crippen molar-refractivity contribution in [2.45, 2.75) is 13.0 Å². The van der Waals surface area contributed by atoms with Gasteiger partial charge in [-0.3, -0.25) is 4.98 Å². The number of nitrogen functional groups attached to an aromatic ring is 1. The average molecular weight is 384 g/mol. The zero-order chi connectivity index (χ0) is 20.4. The van der Waals surface area contributed by atoms with Crippen LogP contribution in [0.1, 0.15) is 24.1 Å². The summed E-state index contributed by atoms with van der Waals surface area (Å²) in [5.41, 5.74) is 8.92. The Hall–Kier alpha value is -4.05. The Balaban J connectivity index is 1.89. The number of hydrogen-bond donors (Lipinski definition) is 2. The minimum atomic E-state index is -0.341. The van der Waals surface area contributed by atoms with Gasteiger partial charge >= 0.3 is 0 Å². The molecule has 0 bridgehead atoms. The molecule has 7 heteroatoms. The first-order valence-electron chi connectivity index (χ1n) is 8.99. The summed E-state index contributed by atoms with van der Waals surface area (Å²) < 4.78 is 14.8. The van der Waals surface area contributed by atoms with Gasteiger partial charge in [0, 0.05) is 22.7 Å². The number of anilines is 2. The lowest BCUT2D eigenvalue weighted by Gasteiger charge is -2.21. The van der Waals surface area contributed by atoms with E-state index in [-0.39, 0.29) is 23.2 Å². The maximum absolute atomic E-state index is 14.8. The molecular formula is C22H17FN6. The van der Waals surface area contributed by atoms with E-state index in [1.54, 1.807) is 18.3 Å². The first kappa shape index (κ1) is 18.3. The van der Waals surface area contributed by atoms with Crippen molar-refractivity contribution in [3.05, 3.63) is 78.0 Å². The fraction of sp³-hybridized carbons (Fsp3) is 0.0909. The number of fused-ring (bicyclic) bond motifs is 1. The van der Waals surface area contributed by atoms with Crippen molar-refractivity contribution in [3.63, 3.8) is 0 Å². The van der Waals surface area contributed by atoms with Gasteiger partial charge in [0.25, 0.3) is 0 Å². The Morgan fingerprint density at radius 1 is 1.07 bits per heavy atom. The SMILES string of the molecule is CC(Nc1ncnc(N)c1C#N)c1cnc2cccc(F)c2c1-c1ccccc1. The highest BCUT2D eigenvalue weighted by Gasteiger charge is 2.20. The molecule has 2 aromatic carbocycles. The average Bonchev–Trinajstić information content (AvgIpc) is 2.74. The second-order valence-corrected chi connectivity index (χ2v) is 6.55. The van der Waals surface area contributed by atoms with Crippen LogP contribution in [-0.4, -0.2) is 15.0 Å². The molecule has 4 aromatic rings. The van der Waals surface area contributed by atoms with E-state index in [4.69, 9.17) is 5.73 Å². The number of nitrogens with two attached hydrogens (primary N) is 1.